The minimum atomic E-state index is -1.65. The van der Waals surface area contributed by atoms with Crippen LogP contribution in [-0.2, 0) is 62.2 Å². The van der Waals surface area contributed by atoms with Crippen LogP contribution in [0.3, 0.4) is 0 Å². The van der Waals surface area contributed by atoms with E-state index in [2.05, 4.69) is 26.2 Å². The van der Waals surface area contributed by atoms with Crippen molar-refractivity contribution in [3.63, 3.8) is 0 Å². The second kappa shape index (κ2) is 40.4. The van der Waals surface area contributed by atoms with E-state index < -0.39 is 160 Å². The highest BCUT2D eigenvalue weighted by Crippen LogP contribution is 2.28. The Labute approximate surface area is 584 Å². The van der Waals surface area contributed by atoms with E-state index >= 15 is 33.6 Å². The Morgan fingerprint density at radius 1 is 0.557 bits per heavy atom. The SMILES string of the molecule is CC=CC[C@@H](C)[C@@H](O)[C@H]1C(=O)N[C@@H](CC)C(=O)N(C)[C@H](SCCCN2CCOCC2)C(=O)N(C)[C@@H](CC(C)(C)OC)C(=O)N[C@@H](C(C)C)C(=O)N(C)[C@@H](CC(C)C)C(=O)N[C@@H](C)C(=O)N[C@H](C)C(=O)N(C)[C@@H](CC(C)C)C(=O)N(C)[C@@H](CC(C)C)C(=O)N(C)[C@@H](C(C)C)C(=O)N1C. The molecule has 0 aliphatic carbocycles. The lowest BCUT2D eigenvalue weighted by atomic mass is 9.91. The molecule has 0 bridgehead atoms. The average molecular weight is 1390 g/mol. The highest BCUT2D eigenvalue weighted by atomic mass is 32.2. The summed E-state index contributed by atoms with van der Waals surface area (Å²) in [5, 5.41) is 22.2. The van der Waals surface area contributed by atoms with E-state index in [0.29, 0.717) is 51.4 Å². The minimum Gasteiger partial charge on any atom is -0.390 e. The molecule has 11 amide bonds. The molecule has 2 heterocycles. The van der Waals surface area contributed by atoms with Gasteiger partial charge in [0.05, 0.1) is 24.9 Å². The van der Waals surface area contributed by atoms with Gasteiger partial charge in [0.25, 0.3) is 5.91 Å². The number of ether oxygens (including phenoxy) is 2. The van der Waals surface area contributed by atoms with Gasteiger partial charge in [-0.05, 0) is 121 Å². The predicted octanol–water partition coefficient (Wildman–Crippen LogP) is 3.82. The second-order valence-electron chi connectivity index (χ2n) is 29.4. The summed E-state index contributed by atoms with van der Waals surface area (Å²) in [4.78, 5) is 176. The first-order chi connectivity index (χ1) is 45.0. The number of morpholine rings is 1. The summed E-state index contributed by atoms with van der Waals surface area (Å²) >= 11 is 1.17. The van der Waals surface area contributed by atoms with Crippen LogP contribution in [0.4, 0.5) is 0 Å². The fourth-order valence-corrected chi connectivity index (χ4v) is 13.4. The van der Waals surface area contributed by atoms with Gasteiger partial charge in [-0.3, -0.25) is 57.6 Å². The number of rotatable bonds is 21. The molecule has 0 saturated carbocycles. The van der Waals surface area contributed by atoms with Crippen molar-refractivity contribution in [1.29, 1.82) is 0 Å². The Bertz CT molecular complexity index is 2650. The molecule has 2 rings (SSSR count). The van der Waals surface area contributed by atoms with Gasteiger partial charge >= 0.3 is 0 Å². The second-order valence-corrected chi connectivity index (χ2v) is 30.5. The van der Waals surface area contributed by atoms with Gasteiger partial charge in [0.2, 0.25) is 59.1 Å². The number of carbonyl (C=O) groups is 11. The zero-order valence-electron chi connectivity index (χ0n) is 63.5. The summed E-state index contributed by atoms with van der Waals surface area (Å²) in [6.45, 7) is 32.9. The first-order valence-electron chi connectivity index (χ1n) is 34.9. The summed E-state index contributed by atoms with van der Waals surface area (Å²) in [5.41, 5.74) is -1.05. The Morgan fingerprint density at radius 2 is 1.03 bits per heavy atom. The number of carbonyl (C=O) groups excluding carboxylic acids is 11. The molecule has 0 spiro atoms. The lowest BCUT2D eigenvalue weighted by Gasteiger charge is -2.41. The largest absolute Gasteiger partial charge is 0.390 e. The average Bonchev–Trinajstić information content (AvgIpc) is 0.815. The van der Waals surface area contributed by atoms with Crippen LogP contribution in [0.25, 0.3) is 0 Å². The van der Waals surface area contributed by atoms with Gasteiger partial charge in [-0.1, -0.05) is 95.2 Å². The van der Waals surface area contributed by atoms with E-state index in [1.54, 1.807) is 61.5 Å². The predicted molar refractivity (Wildman–Crippen MR) is 378 cm³/mol. The van der Waals surface area contributed by atoms with Crippen molar-refractivity contribution in [2.24, 2.45) is 35.5 Å². The molecular formula is C70H126N12O14S. The van der Waals surface area contributed by atoms with Gasteiger partial charge in [-0.25, -0.2) is 0 Å². The molecule has 13 atom stereocenters. The minimum absolute atomic E-state index is 0.0157. The number of hydrogen-bond acceptors (Lipinski definition) is 16. The maximum Gasteiger partial charge on any atom is 0.256 e. The molecule has 27 heteroatoms. The van der Waals surface area contributed by atoms with Gasteiger partial charge in [-0.15, -0.1) is 11.8 Å². The number of hydrogen-bond donors (Lipinski definition) is 5. The Hall–Kier alpha value is -5.90. The van der Waals surface area contributed by atoms with E-state index in [9.17, 15) is 24.3 Å². The van der Waals surface area contributed by atoms with Crippen LogP contribution in [0.15, 0.2) is 12.2 Å². The van der Waals surface area contributed by atoms with E-state index in [4.69, 9.17) is 9.47 Å². The van der Waals surface area contributed by atoms with Crippen LogP contribution in [-0.4, -0.2) is 282 Å². The number of aliphatic hydroxyl groups excluding tert-OH is 1. The summed E-state index contributed by atoms with van der Waals surface area (Å²) < 4.78 is 11.4. The van der Waals surface area contributed by atoms with Gasteiger partial charge in [0.15, 0.2) is 5.37 Å². The van der Waals surface area contributed by atoms with Crippen molar-refractivity contribution in [2.75, 3.05) is 95.0 Å². The molecule has 2 saturated heterocycles. The number of nitrogens with one attached hydrogen (secondary N) is 4. The maximum atomic E-state index is 15.6. The molecule has 0 aromatic rings. The number of methoxy groups -OCH3 is 1. The van der Waals surface area contributed by atoms with Gasteiger partial charge in [0.1, 0.15) is 60.4 Å². The molecule has 5 N–H and O–H groups in total. The van der Waals surface area contributed by atoms with Crippen LogP contribution in [0, 0.1) is 35.5 Å². The lowest BCUT2D eigenvalue weighted by molar-refractivity contribution is -0.157. The number of aliphatic hydroxyl groups is 1. The van der Waals surface area contributed by atoms with Gasteiger partial charge < -0.3 is 70.1 Å². The molecule has 2 aliphatic heterocycles. The van der Waals surface area contributed by atoms with E-state index in [-0.39, 0.29) is 49.9 Å². The summed E-state index contributed by atoms with van der Waals surface area (Å²) in [7, 11) is 11.5. The number of allylic oxidation sites excluding steroid dienone is 2. The summed E-state index contributed by atoms with van der Waals surface area (Å²) in [5.74, 6) is -9.61. The van der Waals surface area contributed by atoms with Crippen molar-refractivity contribution in [3.05, 3.63) is 12.2 Å². The zero-order valence-corrected chi connectivity index (χ0v) is 64.3. The van der Waals surface area contributed by atoms with Crippen molar-refractivity contribution in [1.82, 2.24) is 60.5 Å². The summed E-state index contributed by atoms with van der Waals surface area (Å²) in [6.07, 6.45) is 3.25. The van der Waals surface area contributed by atoms with E-state index in [1.165, 1.54) is 111 Å². The molecule has 0 radical (unpaired) electrons. The van der Waals surface area contributed by atoms with Crippen LogP contribution in [0.1, 0.15) is 163 Å². The number of amides is 11. The maximum absolute atomic E-state index is 15.6. The molecule has 2 aliphatic rings. The molecule has 0 unspecified atom stereocenters. The molecule has 0 aromatic carbocycles. The molecular weight excluding hydrogens is 1260 g/mol. The van der Waals surface area contributed by atoms with Crippen molar-refractivity contribution < 1.29 is 67.3 Å². The number of thioether (sulfide) groups is 1. The fraction of sp³-hybridized carbons (Fsp3) is 0.814. The van der Waals surface area contributed by atoms with Crippen molar-refractivity contribution >= 4 is 76.7 Å². The topological polar surface area (TPSA) is 300 Å². The van der Waals surface area contributed by atoms with Crippen LogP contribution in [0.5, 0.6) is 0 Å². The lowest BCUT2D eigenvalue weighted by Crippen LogP contribution is -2.64. The number of likely N-dealkylation sites (N-methyl/N-ethyl adjacent to an activating group) is 7. The van der Waals surface area contributed by atoms with Crippen LogP contribution < -0.4 is 21.3 Å². The van der Waals surface area contributed by atoms with E-state index in [1.807, 2.05) is 54.5 Å². The van der Waals surface area contributed by atoms with Crippen LogP contribution >= 0.6 is 11.8 Å². The highest BCUT2D eigenvalue weighted by molar-refractivity contribution is 8.00. The third kappa shape index (κ3) is 25.0. The van der Waals surface area contributed by atoms with Crippen molar-refractivity contribution in [2.45, 2.75) is 240 Å². The first kappa shape index (κ1) is 87.2. The smallest absolute Gasteiger partial charge is 0.256 e. The normalized spacial score (nSPS) is 27.1. The quantitative estimate of drug-likeness (QED) is 0.0806. The third-order valence-electron chi connectivity index (χ3n) is 18.7. The number of nitrogens with zero attached hydrogens (tertiary/aromatic N) is 8. The molecule has 97 heavy (non-hydrogen) atoms. The highest BCUT2D eigenvalue weighted by Gasteiger charge is 2.47. The molecule has 0 aromatic heterocycles. The Kier molecular flexibility index (Phi) is 36.3. The molecule has 26 nitrogen and oxygen atoms in total. The third-order valence-corrected chi connectivity index (χ3v) is 20.1. The molecule has 556 valence electrons. The van der Waals surface area contributed by atoms with Crippen LogP contribution in [0.2, 0.25) is 0 Å². The van der Waals surface area contributed by atoms with E-state index in [0.717, 1.165) is 4.90 Å². The fourth-order valence-electron chi connectivity index (χ4n) is 12.3. The van der Waals surface area contributed by atoms with Crippen molar-refractivity contribution in [3.8, 4) is 0 Å². The Balaban J connectivity index is 3.14. The first-order valence-corrected chi connectivity index (χ1v) is 35.9. The zero-order chi connectivity index (χ0) is 74.4. The summed E-state index contributed by atoms with van der Waals surface area (Å²) in [6, 6.07) is -12.9. The Morgan fingerprint density at radius 3 is 1.53 bits per heavy atom. The molecule has 2 fully saturated rings. The van der Waals surface area contributed by atoms with Gasteiger partial charge in [-0.2, -0.15) is 0 Å². The van der Waals surface area contributed by atoms with Gasteiger partial charge in [0, 0.05) is 76.0 Å². The standard InChI is InChI=1S/C70H126N12O14S/c1-26-28-30-46(13)57(83)56-61(87)73-49(27-2)63(89)81(24)69(97-36-29-31-82-32-34-96-35-33-82)68(94)78(21)53(40-70(16,17)95-25)60(86)74-54(44(9)10)66(92)75(18)50(37-41(3)4)59(85)71-47(14)58(84)72-48(15)62(88)76(19)51(38-42(5)6)64(90)77(20)52(39-43(7)8)65(91)79(22)55(45(11)12)67(93)80(56)23/h26,28,41-57,69,83H,27,29-40H2,1-25H3,(H,71,85)(H,72,84)(H,73,87)(H,74,86)/t46-,47+,48-,49+,50+,51+,52+,53+,54+,55+,56+,57-,69-/m1/s1. The monoisotopic (exact) mass is 1390 g/mol.